The molecule has 0 fully saturated rings. The van der Waals surface area contributed by atoms with Crippen LogP contribution in [0.3, 0.4) is 0 Å². The van der Waals surface area contributed by atoms with E-state index in [1.807, 2.05) is 12.1 Å². The zero-order chi connectivity index (χ0) is 8.10. The van der Waals surface area contributed by atoms with Crippen molar-refractivity contribution in [1.29, 1.82) is 0 Å². The summed E-state index contributed by atoms with van der Waals surface area (Å²) in [5.74, 6) is 0. The zero-order valence-electron chi connectivity index (χ0n) is 6.62. The van der Waals surface area contributed by atoms with Gasteiger partial charge in [0, 0.05) is 0 Å². The fraction of sp³-hybridized carbons (Fsp3) is 0.222. The Morgan fingerprint density at radius 3 is 2.45 bits per heavy atom. The molecule has 1 aromatic carbocycles. The number of benzene rings is 1. The van der Waals surface area contributed by atoms with Gasteiger partial charge in [-0.1, -0.05) is 19.1 Å². The molecule has 0 aliphatic rings. The summed E-state index contributed by atoms with van der Waals surface area (Å²) < 4.78 is 0. The Kier molecular flexibility index (Phi) is 2.66. The van der Waals surface area contributed by atoms with Gasteiger partial charge in [-0.2, -0.15) is 0 Å². The summed E-state index contributed by atoms with van der Waals surface area (Å²) in [4.78, 5) is 3.93. The highest BCUT2D eigenvalue weighted by atomic mass is 14.8. The summed E-state index contributed by atoms with van der Waals surface area (Å²) in [6.45, 7) is 2.13. The quantitative estimate of drug-likeness (QED) is 0.504. The molecule has 1 rings (SSSR count). The van der Waals surface area contributed by atoms with Crippen LogP contribution in [-0.4, -0.2) is 6.34 Å². The molecule has 0 saturated heterocycles. The van der Waals surface area contributed by atoms with Gasteiger partial charge >= 0.3 is 0 Å². The molecule has 2 nitrogen and oxygen atoms in total. The molecule has 0 saturated carbocycles. The van der Waals surface area contributed by atoms with Crippen molar-refractivity contribution in [1.82, 2.24) is 0 Å². The lowest BCUT2D eigenvalue weighted by Crippen LogP contribution is -1.86. The molecule has 0 aliphatic carbocycles. The average Bonchev–Trinajstić information content (AvgIpc) is 2.07. The van der Waals surface area contributed by atoms with Gasteiger partial charge in [0.2, 0.25) is 0 Å². The Balaban J connectivity index is 2.82. The maximum absolute atomic E-state index is 5.14. The number of hydrogen-bond donors (Lipinski definition) is 1. The molecule has 0 aliphatic heterocycles. The molecule has 11 heavy (non-hydrogen) atoms. The Labute approximate surface area is 66.8 Å². The van der Waals surface area contributed by atoms with Crippen molar-refractivity contribution in [3.8, 4) is 0 Å². The number of aryl methyl sites for hydroxylation is 1. The molecular formula is C9H12N2. The molecule has 0 amide bonds. The van der Waals surface area contributed by atoms with Crippen LogP contribution < -0.4 is 5.73 Å². The van der Waals surface area contributed by atoms with Crippen molar-refractivity contribution >= 4 is 12.0 Å². The third-order valence-electron chi connectivity index (χ3n) is 1.57. The van der Waals surface area contributed by atoms with Crippen molar-refractivity contribution < 1.29 is 0 Å². The molecular weight excluding hydrogens is 136 g/mol. The van der Waals surface area contributed by atoms with Crippen LogP contribution in [0.2, 0.25) is 0 Å². The Hall–Kier alpha value is -1.31. The lowest BCUT2D eigenvalue weighted by molar-refractivity contribution is 1.14. The minimum atomic E-state index is 0.907. The maximum atomic E-state index is 5.14. The number of hydrogen-bond acceptors (Lipinski definition) is 1. The fourth-order valence-corrected chi connectivity index (χ4v) is 0.904. The second-order valence-corrected chi connectivity index (χ2v) is 2.30. The van der Waals surface area contributed by atoms with E-state index in [0.29, 0.717) is 0 Å². The van der Waals surface area contributed by atoms with E-state index in [2.05, 4.69) is 24.0 Å². The number of nitrogens with zero attached hydrogens (tertiary/aromatic N) is 1. The average molecular weight is 148 g/mol. The first-order valence-corrected chi connectivity index (χ1v) is 3.70. The van der Waals surface area contributed by atoms with Gasteiger partial charge in [-0.25, -0.2) is 4.99 Å². The molecule has 0 radical (unpaired) electrons. The van der Waals surface area contributed by atoms with Crippen LogP contribution in [0, 0.1) is 0 Å². The van der Waals surface area contributed by atoms with Gasteiger partial charge in [-0.3, -0.25) is 0 Å². The summed E-state index contributed by atoms with van der Waals surface area (Å²) in [5.41, 5.74) is 7.37. The molecule has 58 valence electrons. The summed E-state index contributed by atoms with van der Waals surface area (Å²) in [5, 5.41) is 0. The summed E-state index contributed by atoms with van der Waals surface area (Å²) in [6, 6.07) is 8.04. The third-order valence-corrected chi connectivity index (χ3v) is 1.57. The lowest BCUT2D eigenvalue weighted by Gasteiger charge is -1.95. The van der Waals surface area contributed by atoms with Crippen molar-refractivity contribution in [2.75, 3.05) is 0 Å². The van der Waals surface area contributed by atoms with Gasteiger partial charge in [0.1, 0.15) is 0 Å². The molecule has 0 unspecified atom stereocenters. The maximum Gasteiger partial charge on any atom is 0.0860 e. The highest BCUT2D eigenvalue weighted by molar-refractivity contribution is 5.58. The number of rotatable bonds is 2. The number of nitrogens with two attached hydrogens (primary N) is 1. The van der Waals surface area contributed by atoms with Crippen LogP contribution in [0.25, 0.3) is 0 Å². The second kappa shape index (κ2) is 3.76. The van der Waals surface area contributed by atoms with E-state index in [9.17, 15) is 0 Å². The molecule has 0 bridgehead atoms. The van der Waals surface area contributed by atoms with Crippen LogP contribution in [0.1, 0.15) is 12.5 Å². The second-order valence-electron chi connectivity index (χ2n) is 2.30. The Morgan fingerprint density at radius 2 is 2.00 bits per heavy atom. The van der Waals surface area contributed by atoms with E-state index in [4.69, 9.17) is 5.73 Å². The minimum Gasteiger partial charge on any atom is -0.390 e. The van der Waals surface area contributed by atoms with Crippen LogP contribution in [-0.2, 0) is 6.42 Å². The third kappa shape index (κ3) is 2.08. The first-order chi connectivity index (χ1) is 5.36. The van der Waals surface area contributed by atoms with E-state index in [-0.39, 0.29) is 0 Å². The molecule has 0 spiro atoms. The molecule has 2 heteroatoms. The predicted molar refractivity (Wildman–Crippen MR) is 48.2 cm³/mol. The molecule has 2 N–H and O–H groups in total. The summed E-state index contributed by atoms with van der Waals surface area (Å²) in [7, 11) is 0. The fourth-order valence-electron chi connectivity index (χ4n) is 0.904. The summed E-state index contributed by atoms with van der Waals surface area (Å²) in [6.07, 6.45) is 2.37. The van der Waals surface area contributed by atoms with Crippen LogP contribution in [0.4, 0.5) is 5.69 Å². The highest BCUT2D eigenvalue weighted by Gasteiger charge is 1.88. The normalized spacial score (nSPS) is 10.6. The van der Waals surface area contributed by atoms with E-state index < -0.39 is 0 Å². The van der Waals surface area contributed by atoms with E-state index in [1.165, 1.54) is 11.9 Å². The van der Waals surface area contributed by atoms with Crippen LogP contribution in [0.5, 0.6) is 0 Å². The van der Waals surface area contributed by atoms with E-state index in [0.717, 1.165) is 12.1 Å². The van der Waals surface area contributed by atoms with E-state index in [1.54, 1.807) is 0 Å². The van der Waals surface area contributed by atoms with Crippen molar-refractivity contribution in [2.45, 2.75) is 13.3 Å². The van der Waals surface area contributed by atoms with Gasteiger partial charge in [-0.15, -0.1) is 0 Å². The standard InChI is InChI=1S/C9H12N2/c1-2-8-3-5-9(6-4-8)11-7-10/h3-7H,2H2,1H3,(H2,10,11). The minimum absolute atomic E-state index is 0.907. The smallest absolute Gasteiger partial charge is 0.0860 e. The zero-order valence-corrected chi connectivity index (χ0v) is 6.62. The summed E-state index contributed by atoms with van der Waals surface area (Å²) >= 11 is 0. The Morgan fingerprint density at radius 1 is 1.36 bits per heavy atom. The van der Waals surface area contributed by atoms with Crippen molar-refractivity contribution in [3.63, 3.8) is 0 Å². The van der Waals surface area contributed by atoms with Gasteiger partial charge in [0.05, 0.1) is 12.0 Å². The monoisotopic (exact) mass is 148 g/mol. The largest absolute Gasteiger partial charge is 0.390 e. The highest BCUT2D eigenvalue weighted by Crippen LogP contribution is 2.11. The van der Waals surface area contributed by atoms with Crippen LogP contribution >= 0.6 is 0 Å². The molecule has 0 heterocycles. The first-order valence-electron chi connectivity index (χ1n) is 3.70. The lowest BCUT2D eigenvalue weighted by atomic mass is 10.2. The number of aliphatic imine (C=N–C) groups is 1. The van der Waals surface area contributed by atoms with Crippen LogP contribution in [0.15, 0.2) is 29.3 Å². The van der Waals surface area contributed by atoms with Gasteiger partial charge in [0.25, 0.3) is 0 Å². The van der Waals surface area contributed by atoms with Gasteiger partial charge in [0.15, 0.2) is 0 Å². The predicted octanol–water partition coefficient (Wildman–Crippen LogP) is 1.87. The molecule has 1 aromatic rings. The topological polar surface area (TPSA) is 38.4 Å². The van der Waals surface area contributed by atoms with Crippen molar-refractivity contribution in [3.05, 3.63) is 29.8 Å². The van der Waals surface area contributed by atoms with Gasteiger partial charge < -0.3 is 5.73 Å². The van der Waals surface area contributed by atoms with Crippen molar-refractivity contribution in [2.24, 2.45) is 10.7 Å². The SMILES string of the molecule is CCc1ccc(N=CN)cc1. The Bertz CT molecular complexity index is 236. The first kappa shape index (κ1) is 7.79. The molecule has 0 atom stereocenters. The molecule has 0 aromatic heterocycles. The van der Waals surface area contributed by atoms with E-state index >= 15 is 0 Å². The van der Waals surface area contributed by atoms with Gasteiger partial charge in [-0.05, 0) is 24.1 Å².